The van der Waals surface area contributed by atoms with Crippen LogP contribution in [0.2, 0.25) is 0 Å². The summed E-state index contributed by atoms with van der Waals surface area (Å²) in [6.07, 6.45) is -3.04. The molecule has 134 valence electrons. The van der Waals surface area contributed by atoms with E-state index >= 15 is 0 Å². The number of aromatic amines is 1. The van der Waals surface area contributed by atoms with Crippen LogP contribution in [-0.2, 0) is 9.97 Å². The number of alkyl halides is 6. The molecule has 0 spiro atoms. The number of aromatic nitrogens is 5. The highest BCUT2D eigenvalue weighted by Crippen LogP contribution is 2.41. The van der Waals surface area contributed by atoms with Crippen molar-refractivity contribution in [2.45, 2.75) is 9.97 Å². The van der Waals surface area contributed by atoms with Crippen molar-refractivity contribution in [3.05, 3.63) is 48.0 Å². The van der Waals surface area contributed by atoms with Gasteiger partial charge >= 0.3 is 6.18 Å². The van der Waals surface area contributed by atoms with Crippen molar-refractivity contribution in [2.75, 3.05) is 0 Å². The van der Waals surface area contributed by atoms with Gasteiger partial charge in [-0.25, -0.2) is 9.97 Å². The van der Waals surface area contributed by atoms with Crippen molar-refractivity contribution in [1.29, 1.82) is 0 Å². The van der Waals surface area contributed by atoms with Crippen LogP contribution in [-0.4, -0.2) is 24.7 Å². The Morgan fingerprint density at radius 2 is 1.77 bits per heavy atom. The molecule has 0 unspecified atom stereocenters. The van der Waals surface area contributed by atoms with Gasteiger partial charge in [-0.15, -0.1) is 0 Å². The third kappa shape index (κ3) is 2.87. The molecular weight excluding hydrogens is 414 g/mol. The predicted octanol–water partition coefficient (Wildman–Crippen LogP) is 5.14. The molecule has 0 saturated carbocycles. The van der Waals surface area contributed by atoms with Crippen molar-refractivity contribution in [1.82, 2.24) is 24.7 Å². The van der Waals surface area contributed by atoms with Crippen LogP contribution in [0.4, 0.5) is 13.2 Å². The molecule has 4 aromatic rings. The van der Waals surface area contributed by atoms with Crippen LogP contribution < -0.4 is 0 Å². The van der Waals surface area contributed by atoms with Gasteiger partial charge < -0.3 is 0 Å². The SMILES string of the molecule is FC(F)(F)c1ccc2nc(C(Cl)(Cl)Cl)n(-c3ccc4[nH]ncc4c3)c2n1. The minimum atomic E-state index is -4.61. The van der Waals surface area contributed by atoms with Gasteiger partial charge in [-0.05, 0) is 30.3 Å². The minimum Gasteiger partial charge on any atom is -0.278 e. The zero-order valence-electron chi connectivity index (χ0n) is 12.5. The van der Waals surface area contributed by atoms with E-state index in [-0.39, 0.29) is 17.0 Å². The van der Waals surface area contributed by atoms with Gasteiger partial charge in [-0.1, -0.05) is 34.8 Å². The first-order valence-corrected chi connectivity index (χ1v) is 8.25. The van der Waals surface area contributed by atoms with E-state index in [4.69, 9.17) is 34.8 Å². The Balaban J connectivity index is 2.06. The number of nitrogens with one attached hydrogen (secondary N) is 1. The van der Waals surface area contributed by atoms with Crippen LogP contribution >= 0.6 is 34.8 Å². The molecule has 1 N–H and O–H groups in total. The first-order valence-electron chi connectivity index (χ1n) is 7.12. The molecule has 0 aliphatic heterocycles. The molecule has 4 rings (SSSR count). The van der Waals surface area contributed by atoms with Crippen molar-refractivity contribution >= 4 is 56.9 Å². The Morgan fingerprint density at radius 1 is 1.00 bits per heavy atom. The fourth-order valence-corrected chi connectivity index (χ4v) is 3.00. The molecule has 11 heteroatoms. The largest absolute Gasteiger partial charge is 0.433 e. The summed E-state index contributed by atoms with van der Waals surface area (Å²) in [6.45, 7) is 0. The van der Waals surface area contributed by atoms with E-state index in [1.54, 1.807) is 24.4 Å². The summed E-state index contributed by atoms with van der Waals surface area (Å²) in [6, 6.07) is 7.06. The average Bonchev–Trinajstić information content (AvgIpc) is 3.16. The normalized spacial score (nSPS) is 13.0. The molecule has 5 nitrogen and oxygen atoms in total. The number of rotatable bonds is 1. The number of H-pyrrole nitrogens is 1. The topological polar surface area (TPSA) is 59.4 Å². The van der Waals surface area contributed by atoms with Crippen molar-refractivity contribution in [3.8, 4) is 5.69 Å². The standard InChI is InChI=1S/C15H7Cl3F3N5/c16-14(17,18)13-23-10-3-4-11(15(19,20)21)24-12(10)26(13)8-1-2-9-7(5-8)6-22-25-9/h1-6H,(H,22,25). The van der Waals surface area contributed by atoms with Crippen molar-refractivity contribution < 1.29 is 13.2 Å². The molecule has 0 fully saturated rings. The highest BCUT2D eigenvalue weighted by molar-refractivity contribution is 6.66. The molecule has 0 saturated heterocycles. The van der Waals surface area contributed by atoms with E-state index in [9.17, 15) is 13.2 Å². The van der Waals surface area contributed by atoms with Gasteiger partial charge in [-0.2, -0.15) is 18.3 Å². The van der Waals surface area contributed by atoms with Gasteiger partial charge in [0.25, 0.3) is 0 Å². The van der Waals surface area contributed by atoms with Crippen LogP contribution in [0.25, 0.3) is 27.8 Å². The molecule has 0 atom stereocenters. The predicted molar refractivity (Wildman–Crippen MR) is 92.8 cm³/mol. The summed E-state index contributed by atoms with van der Waals surface area (Å²) in [5.74, 6) is -0.0628. The number of nitrogens with zero attached hydrogens (tertiary/aromatic N) is 4. The molecule has 26 heavy (non-hydrogen) atoms. The molecule has 0 bridgehead atoms. The Labute approximate surface area is 158 Å². The summed E-state index contributed by atoms with van der Waals surface area (Å²) in [5, 5.41) is 7.43. The smallest absolute Gasteiger partial charge is 0.278 e. The second-order valence-corrected chi connectivity index (χ2v) is 7.73. The Hall–Kier alpha value is -2.03. The quantitative estimate of drug-likeness (QED) is 0.434. The van der Waals surface area contributed by atoms with Crippen LogP contribution in [0.15, 0.2) is 36.5 Å². The fraction of sp³-hybridized carbons (Fsp3) is 0.133. The lowest BCUT2D eigenvalue weighted by atomic mass is 10.2. The lowest BCUT2D eigenvalue weighted by Gasteiger charge is -2.14. The van der Waals surface area contributed by atoms with E-state index < -0.39 is 15.7 Å². The maximum atomic E-state index is 13.1. The number of hydrogen-bond donors (Lipinski definition) is 1. The zero-order valence-corrected chi connectivity index (χ0v) is 14.8. The number of imidazole rings is 1. The maximum absolute atomic E-state index is 13.1. The molecular formula is C15H7Cl3F3N5. The monoisotopic (exact) mass is 419 g/mol. The van der Waals surface area contributed by atoms with Gasteiger partial charge in [0.1, 0.15) is 11.2 Å². The Bertz CT molecular complexity index is 1130. The molecule has 1 aromatic carbocycles. The van der Waals surface area contributed by atoms with Gasteiger partial charge in [-0.3, -0.25) is 9.67 Å². The zero-order chi connectivity index (χ0) is 18.7. The van der Waals surface area contributed by atoms with Gasteiger partial charge in [0.15, 0.2) is 11.5 Å². The van der Waals surface area contributed by atoms with Crippen molar-refractivity contribution in [3.63, 3.8) is 0 Å². The van der Waals surface area contributed by atoms with Gasteiger partial charge in [0.05, 0.1) is 11.7 Å². The number of halogens is 6. The highest BCUT2D eigenvalue weighted by Gasteiger charge is 2.35. The third-order valence-corrected chi connectivity index (χ3v) is 4.24. The van der Waals surface area contributed by atoms with E-state index in [0.717, 1.165) is 17.0 Å². The van der Waals surface area contributed by atoms with E-state index in [1.165, 1.54) is 10.6 Å². The lowest BCUT2D eigenvalue weighted by Crippen LogP contribution is -2.12. The minimum absolute atomic E-state index is 0.0628. The van der Waals surface area contributed by atoms with E-state index in [2.05, 4.69) is 20.2 Å². The van der Waals surface area contributed by atoms with Gasteiger partial charge in [0, 0.05) is 11.1 Å². The first kappa shape index (κ1) is 17.4. The summed E-state index contributed by atoms with van der Waals surface area (Å²) in [7, 11) is 0. The highest BCUT2D eigenvalue weighted by atomic mass is 35.6. The number of benzene rings is 1. The average molecular weight is 421 g/mol. The maximum Gasteiger partial charge on any atom is 0.433 e. The number of fused-ring (bicyclic) bond motifs is 2. The molecule has 0 amide bonds. The van der Waals surface area contributed by atoms with Crippen LogP contribution in [0.3, 0.4) is 0 Å². The Morgan fingerprint density at radius 3 is 2.46 bits per heavy atom. The number of hydrogen-bond acceptors (Lipinski definition) is 3. The summed E-state index contributed by atoms with van der Waals surface area (Å²) in [4.78, 5) is 7.87. The number of pyridine rings is 1. The molecule has 3 heterocycles. The molecule has 0 radical (unpaired) electrons. The van der Waals surface area contributed by atoms with E-state index in [0.29, 0.717) is 5.69 Å². The third-order valence-electron chi connectivity index (χ3n) is 3.73. The van der Waals surface area contributed by atoms with Crippen LogP contribution in [0, 0.1) is 0 Å². The summed E-state index contributed by atoms with van der Waals surface area (Å²) in [5.41, 5.74) is 0.231. The molecule has 0 aliphatic carbocycles. The Kier molecular flexibility index (Phi) is 3.83. The van der Waals surface area contributed by atoms with Crippen LogP contribution in [0.1, 0.15) is 11.5 Å². The summed E-state index contributed by atoms with van der Waals surface area (Å²) < 4.78 is 38.6. The fourth-order valence-electron chi connectivity index (χ4n) is 2.62. The molecule has 0 aliphatic rings. The van der Waals surface area contributed by atoms with Crippen LogP contribution in [0.5, 0.6) is 0 Å². The van der Waals surface area contributed by atoms with Gasteiger partial charge in [0.2, 0.25) is 3.79 Å². The lowest BCUT2D eigenvalue weighted by molar-refractivity contribution is -0.141. The second-order valence-electron chi connectivity index (χ2n) is 5.45. The summed E-state index contributed by atoms with van der Waals surface area (Å²) >= 11 is 18.0. The second kappa shape index (κ2) is 5.73. The first-order chi connectivity index (χ1) is 12.1. The molecule has 3 aromatic heterocycles. The van der Waals surface area contributed by atoms with E-state index in [1.807, 2.05) is 0 Å². The van der Waals surface area contributed by atoms with Crippen molar-refractivity contribution in [2.24, 2.45) is 0 Å².